The van der Waals surface area contributed by atoms with Crippen LogP contribution in [0, 0.1) is 0 Å². The van der Waals surface area contributed by atoms with Crippen LogP contribution >= 0.6 is 0 Å². The highest BCUT2D eigenvalue weighted by molar-refractivity contribution is 5.96. The zero-order valence-electron chi connectivity index (χ0n) is 46.2. The lowest BCUT2D eigenvalue weighted by atomic mass is 9.98. The van der Waals surface area contributed by atoms with Crippen LogP contribution in [0.2, 0.25) is 0 Å². The molecule has 2 N–H and O–H groups in total. The first kappa shape index (κ1) is 58.2. The minimum atomic E-state index is -1.53. The van der Waals surface area contributed by atoms with E-state index in [1.807, 2.05) is 54.6 Å². The molecule has 21 heteroatoms. The first-order valence-electron chi connectivity index (χ1n) is 26.9. The molecule has 426 valence electrons. The first-order chi connectivity index (χ1) is 38.9. The number of hydrogen-bond acceptors (Lipinski definition) is 13. The molecule has 5 aromatic rings. The van der Waals surface area contributed by atoms with E-state index in [1.165, 1.54) is 20.9 Å². The lowest BCUT2D eigenvalue weighted by Gasteiger charge is -2.45. The normalized spacial score (nSPS) is 16.6. The Bertz CT molecular complexity index is 3010. The largest absolute Gasteiger partial charge is 0.447 e. The van der Waals surface area contributed by atoms with E-state index in [0.717, 1.165) is 52.3 Å². The first-order valence-corrected chi connectivity index (χ1v) is 26.9. The van der Waals surface area contributed by atoms with Gasteiger partial charge < -0.3 is 23.8 Å². The van der Waals surface area contributed by atoms with E-state index in [0.29, 0.717) is 16.7 Å². The van der Waals surface area contributed by atoms with Crippen molar-refractivity contribution < 1.29 is 62.1 Å². The average Bonchev–Trinajstić information content (AvgIpc) is 4.01. The maximum absolute atomic E-state index is 15.5. The predicted octanol–water partition coefficient (Wildman–Crippen LogP) is 8.25. The standard InChI is InChI=1S/C60H68N8O13/c1-40(54(71)66-50(52(69)61-62-56(73)81-60(3,4)5)32-20-34-64(66)57(74)77-36-42-22-10-7-11-23-42)63(6)53(70)41(2)68(80-38-44-26-14-9-15-27-44)55(72)51-33-21-35-65(58(75)78-37-43-24-12-8-13-25-43)67(51)59(76)79-39-49-47-30-18-16-28-45(47)46-29-17-19-31-48(46)49/h7-19,22-31,40-41,49-51H,20-21,32-39H2,1-6H3,(H,61,69)(H,62,73)/t40-,41+,50+,51-/m1/s1. The number of carbonyl (C=O) groups is 8. The highest BCUT2D eigenvalue weighted by Crippen LogP contribution is 2.44. The summed E-state index contributed by atoms with van der Waals surface area (Å²) in [6.07, 6.45) is -3.41. The number of ether oxygens (including phenoxy) is 4. The number of nitrogens with one attached hydrogen (secondary N) is 2. The van der Waals surface area contributed by atoms with Gasteiger partial charge in [-0.2, -0.15) is 0 Å². The number of fused-ring (bicyclic) bond motifs is 3. The van der Waals surface area contributed by atoms with Crippen molar-refractivity contribution in [2.75, 3.05) is 26.7 Å². The van der Waals surface area contributed by atoms with Gasteiger partial charge in [-0.3, -0.25) is 29.4 Å². The fraction of sp³-hybridized carbons (Fsp3) is 0.367. The summed E-state index contributed by atoms with van der Waals surface area (Å²) in [5.74, 6) is -3.87. The Morgan fingerprint density at radius 2 is 1.04 bits per heavy atom. The van der Waals surface area contributed by atoms with Gasteiger partial charge in [0.1, 0.15) is 56.2 Å². The van der Waals surface area contributed by atoms with Gasteiger partial charge >= 0.3 is 24.4 Å². The predicted molar refractivity (Wildman–Crippen MR) is 294 cm³/mol. The van der Waals surface area contributed by atoms with Crippen molar-refractivity contribution in [1.29, 1.82) is 0 Å². The molecule has 8 amide bonds. The highest BCUT2D eigenvalue weighted by Gasteiger charge is 2.48. The second kappa shape index (κ2) is 26.3. The lowest BCUT2D eigenvalue weighted by molar-refractivity contribution is -0.216. The van der Waals surface area contributed by atoms with Gasteiger partial charge in [0.25, 0.3) is 17.7 Å². The van der Waals surface area contributed by atoms with E-state index in [-0.39, 0.29) is 71.1 Å². The molecule has 5 aromatic carbocycles. The fourth-order valence-corrected chi connectivity index (χ4v) is 9.91. The molecule has 2 fully saturated rings. The molecule has 2 aliphatic heterocycles. The van der Waals surface area contributed by atoms with Crippen molar-refractivity contribution in [1.82, 2.24) is 40.9 Å². The number of hydrazine groups is 3. The lowest BCUT2D eigenvalue weighted by Crippen LogP contribution is -2.66. The number of nitrogens with zero attached hydrogens (tertiary/aromatic N) is 6. The van der Waals surface area contributed by atoms with Crippen molar-refractivity contribution in [3.8, 4) is 11.1 Å². The molecule has 2 saturated heterocycles. The van der Waals surface area contributed by atoms with E-state index in [1.54, 1.807) is 106 Å². The second-order valence-corrected chi connectivity index (χ2v) is 20.8. The van der Waals surface area contributed by atoms with Crippen molar-refractivity contribution in [3.05, 3.63) is 167 Å². The fourth-order valence-electron chi connectivity index (χ4n) is 9.91. The Hall–Kier alpha value is -8.98. The van der Waals surface area contributed by atoms with E-state index in [9.17, 15) is 33.6 Å². The van der Waals surface area contributed by atoms with Crippen LogP contribution < -0.4 is 10.9 Å². The molecular formula is C60H68N8O13. The van der Waals surface area contributed by atoms with Gasteiger partial charge in [-0.25, -0.2) is 49.7 Å². The van der Waals surface area contributed by atoms with Crippen molar-refractivity contribution >= 4 is 48.0 Å². The van der Waals surface area contributed by atoms with Gasteiger partial charge in [0.05, 0.1) is 0 Å². The number of rotatable bonds is 15. The molecule has 0 spiro atoms. The monoisotopic (exact) mass is 1110 g/mol. The minimum Gasteiger partial charge on any atom is -0.447 e. The summed E-state index contributed by atoms with van der Waals surface area (Å²) in [5, 5.41) is 4.71. The summed E-state index contributed by atoms with van der Waals surface area (Å²) in [5.41, 5.74) is 9.38. The minimum absolute atomic E-state index is 0.000265. The Balaban J connectivity index is 1.07. The van der Waals surface area contributed by atoms with Gasteiger partial charge in [-0.1, -0.05) is 140 Å². The summed E-state index contributed by atoms with van der Waals surface area (Å²) >= 11 is 0. The van der Waals surface area contributed by atoms with E-state index in [4.69, 9.17) is 23.8 Å². The SMILES string of the molecule is C[C@H](C(=O)N1[C@H](C(=O)NNC(=O)OC(C)(C)C)CCCN1C(=O)OCc1ccccc1)N(C)C(=O)[C@H](C)N(OCc1ccccc1)C(=O)[C@H]1CCCN(C(=O)OCc2ccccc2)N1C(=O)OCC1c2ccccc2-c2ccccc21. The van der Waals surface area contributed by atoms with Crippen molar-refractivity contribution in [2.45, 2.75) is 116 Å². The van der Waals surface area contributed by atoms with Gasteiger partial charge in [-0.05, 0) is 99.2 Å². The number of benzene rings is 5. The molecule has 81 heavy (non-hydrogen) atoms. The molecule has 0 saturated carbocycles. The quantitative estimate of drug-likeness (QED) is 0.0745. The zero-order valence-corrected chi connectivity index (χ0v) is 46.2. The Labute approximate surface area is 470 Å². The third kappa shape index (κ3) is 14.1. The average molecular weight is 1110 g/mol. The summed E-state index contributed by atoms with van der Waals surface area (Å²) < 4.78 is 22.8. The van der Waals surface area contributed by atoms with Crippen LogP contribution in [-0.2, 0) is 62.8 Å². The number of hydroxylamine groups is 2. The summed E-state index contributed by atoms with van der Waals surface area (Å²) in [6, 6.07) is 36.3. The van der Waals surface area contributed by atoms with Gasteiger partial charge in [0.15, 0.2) is 0 Å². The third-order valence-electron chi connectivity index (χ3n) is 14.1. The maximum atomic E-state index is 15.5. The molecule has 8 rings (SSSR count). The van der Waals surface area contributed by atoms with Gasteiger partial charge in [-0.15, -0.1) is 0 Å². The van der Waals surface area contributed by atoms with E-state index < -0.39 is 77.8 Å². The molecule has 21 nitrogen and oxygen atoms in total. The van der Waals surface area contributed by atoms with Crippen LogP contribution in [0.1, 0.15) is 94.0 Å². The maximum Gasteiger partial charge on any atom is 0.429 e. The second-order valence-electron chi connectivity index (χ2n) is 20.8. The topological polar surface area (TPSA) is 226 Å². The number of amides is 8. The molecule has 0 unspecified atom stereocenters. The van der Waals surface area contributed by atoms with Crippen molar-refractivity contribution in [3.63, 3.8) is 0 Å². The molecule has 0 bridgehead atoms. The third-order valence-corrected chi connectivity index (χ3v) is 14.1. The Kier molecular flexibility index (Phi) is 18.9. The summed E-state index contributed by atoms with van der Waals surface area (Å²) in [4.78, 5) is 122. The Morgan fingerprint density at radius 3 is 1.56 bits per heavy atom. The smallest absolute Gasteiger partial charge is 0.429 e. The van der Waals surface area contributed by atoms with Crippen LogP contribution in [0.15, 0.2) is 140 Å². The van der Waals surface area contributed by atoms with Crippen LogP contribution in [0.3, 0.4) is 0 Å². The van der Waals surface area contributed by atoms with Crippen LogP contribution in [-0.4, -0.2) is 135 Å². The molecule has 2 heterocycles. The molecular weight excluding hydrogens is 1040 g/mol. The number of carbonyl (C=O) groups excluding carboxylic acids is 8. The zero-order chi connectivity index (χ0) is 57.8. The van der Waals surface area contributed by atoms with Crippen LogP contribution in [0.25, 0.3) is 11.1 Å². The highest BCUT2D eigenvalue weighted by atomic mass is 16.7. The molecule has 3 aliphatic rings. The molecule has 0 aromatic heterocycles. The van der Waals surface area contributed by atoms with Crippen molar-refractivity contribution in [2.24, 2.45) is 0 Å². The molecule has 1 aliphatic carbocycles. The Morgan fingerprint density at radius 1 is 0.568 bits per heavy atom. The summed E-state index contributed by atoms with van der Waals surface area (Å²) in [6.45, 7) is 6.89. The van der Waals surface area contributed by atoms with E-state index in [2.05, 4.69) is 10.9 Å². The van der Waals surface area contributed by atoms with E-state index >= 15 is 4.79 Å². The van der Waals surface area contributed by atoms with Gasteiger partial charge in [0.2, 0.25) is 5.91 Å². The number of hydrogen-bond donors (Lipinski definition) is 2. The molecule has 0 radical (unpaired) electrons. The number of likely N-dealkylation sites (N-methyl/N-ethyl adjacent to an activating group) is 1. The summed E-state index contributed by atoms with van der Waals surface area (Å²) in [7, 11) is 1.32. The van der Waals surface area contributed by atoms with Gasteiger partial charge in [0, 0.05) is 26.1 Å². The molecule has 4 atom stereocenters. The van der Waals surface area contributed by atoms with Crippen LogP contribution in [0.4, 0.5) is 19.2 Å². The van der Waals surface area contributed by atoms with Crippen LogP contribution in [0.5, 0.6) is 0 Å².